The highest BCUT2D eigenvalue weighted by Gasteiger charge is 2.35. The molecule has 4 rings (SSSR count). The summed E-state index contributed by atoms with van der Waals surface area (Å²) in [5.74, 6) is 1.37. The van der Waals surface area contributed by atoms with Crippen molar-refractivity contribution in [1.29, 1.82) is 0 Å². The van der Waals surface area contributed by atoms with Crippen molar-refractivity contribution in [1.82, 2.24) is 15.1 Å². The molecule has 212 valence electrons. The van der Waals surface area contributed by atoms with Gasteiger partial charge in [-0.3, -0.25) is 9.59 Å². The van der Waals surface area contributed by atoms with E-state index in [2.05, 4.69) is 61.3 Å². The Morgan fingerprint density at radius 1 is 1.08 bits per heavy atom. The van der Waals surface area contributed by atoms with Crippen molar-refractivity contribution in [3.63, 3.8) is 0 Å². The first-order chi connectivity index (χ1) is 18.7. The van der Waals surface area contributed by atoms with E-state index in [0.29, 0.717) is 44.4 Å². The number of benzene rings is 2. The van der Waals surface area contributed by atoms with Crippen LogP contribution in [0.2, 0.25) is 0 Å². The van der Waals surface area contributed by atoms with E-state index in [1.165, 1.54) is 11.1 Å². The van der Waals surface area contributed by atoms with Gasteiger partial charge in [-0.25, -0.2) is 0 Å². The van der Waals surface area contributed by atoms with Gasteiger partial charge in [0, 0.05) is 64.1 Å². The number of anilines is 1. The van der Waals surface area contributed by atoms with E-state index in [1.54, 1.807) is 0 Å². The molecule has 1 N–H and O–H groups in total. The zero-order chi connectivity index (χ0) is 28.0. The Balaban J connectivity index is 1.39. The molecule has 7 heteroatoms. The molecule has 2 fully saturated rings. The summed E-state index contributed by atoms with van der Waals surface area (Å²) in [5.41, 5.74) is 2.57. The van der Waals surface area contributed by atoms with Crippen LogP contribution < -0.4 is 15.0 Å². The van der Waals surface area contributed by atoms with E-state index in [9.17, 15) is 9.59 Å². The fourth-order valence-electron chi connectivity index (χ4n) is 5.58. The Kier molecular flexibility index (Phi) is 9.54. The lowest BCUT2D eigenvalue weighted by Crippen LogP contribution is -2.54. The molecule has 0 spiro atoms. The van der Waals surface area contributed by atoms with Gasteiger partial charge in [0.15, 0.2) is 5.60 Å². The second kappa shape index (κ2) is 12.9. The predicted octanol–water partition coefficient (Wildman–Crippen LogP) is 4.66. The summed E-state index contributed by atoms with van der Waals surface area (Å²) in [6.45, 7) is 16.1. The lowest BCUT2D eigenvalue weighted by molar-refractivity contribution is -0.146. The third kappa shape index (κ3) is 7.33. The molecule has 2 heterocycles. The van der Waals surface area contributed by atoms with E-state index >= 15 is 0 Å². The minimum Gasteiger partial charge on any atom is -0.478 e. The van der Waals surface area contributed by atoms with Crippen LogP contribution in [-0.2, 0) is 16.1 Å². The average molecular weight is 535 g/mol. The van der Waals surface area contributed by atoms with Gasteiger partial charge in [0.1, 0.15) is 5.75 Å². The quantitative estimate of drug-likeness (QED) is 0.507. The highest BCUT2D eigenvalue weighted by molar-refractivity contribution is 5.85. The van der Waals surface area contributed by atoms with Crippen molar-refractivity contribution in [2.24, 2.45) is 5.92 Å². The van der Waals surface area contributed by atoms with Crippen LogP contribution >= 0.6 is 0 Å². The lowest BCUT2D eigenvalue weighted by Gasteiger charge is -2.37. The van der Waals surface area contributed by atoms with Crippen LogP contribution in [0.3, 0.4) is 0 Å². The molecule has 0 aliphatic carbocycles. The molecule has 2 aliphatic heterocycles. The second-order valence-electron chi connectivity index (χ2n) is 11.7. The van der Waals surface area contributed by atoms with Gasteiger partial charge in [-0.15, -0.1) is 0 Å². The van der Waals surface area contributed by atoms with Gasteiger partial charge in [0.05, 0.1) is 5.92 Å². The third-order valence-corrected chi connectivity index (χ3v) is 7.96. The number of rotatable bonds is 9. The number of carbonyl (C=O) groups is 2. The molecule has 1 atom stereocenters. The lowest BCUT2D eigenvalue weighted by atomic mass is 9.95. The van der Waals surface area contributed by atoms with Gasteiger partial charge in [-0.2, -0.15) is 0 Å². The number of amides is 2. The normalized spacial score (nSPS) is 18.3. The Hall–Kier alpha value is -3.06. The predicted molar refractivity (Wildman–Crippen MR) is 157 cm³/mol. The molecule has 0 aromatic heterocycles. The second-order valence-corrected chi connectivity index (χ2v) is 11.7. The molecule has 0 saturated carbocycles. The van der Waals surface area contributed by atoms with E-state index in [1.807, 2.05) is 41.8 Å². The van der Waals surface area contributed by atoms with Gasteiger partial charge in [-0.05, 0) is 62.8 Å². The standard InChI is InChI=1S/C32H46N4O3/c1-6-34(22-25-12-14-26(15-13-25)24(2)3)30(37)27-9-8-18-36(23-27)28-10-7-11-29(21-28)39-32(4,5)31(38)35-19-16-33-17-20-35/h7,10-15,21,24,27,33H,6,8-9,16-20,22-23H2,1-5H3/t27-/m0/s1. The third-order valence-electron chi connectivity index (χ3n) is 7.96. The average Bonchev–Trinajstić information content (AvgIpc) is 2.95. The molecule has 0 unspecified atom stereocenters. The number of piperazine rings is 1. The number of hydrogen-bond acceptors (Lipinski definition) is 5. The molecule has 7 nitrogen and oxygen atoms in total. The monoisotopic (exact) mass is 534 g/mol. The van der Waals surface area contributed by atoms with Gasteiger partial charge < -0.3 is 24.8 Å². The van der Waals surface area contributed by atoms with E-state index in [4.69, 9.17) is 4.74 Å². The van der Waals surface area contributed by atoms with E-state index in [0.717, 1.165) is 38.2 Å². The Morgan fingerprint density at radius 3 is 2.46 bits per heavy atom. The topological polar surface area (TPSA) is 65.1 Å². The molecule has 2 saturated heterocycles. The van der Waals surface area contributed by atoms with E-state index < -0.39 is 5.60 Å². The summed E-state index contributed by atoms with van der Waals surface area (Å²) in [6.07, 6.45) is 1.87. The number of nitrogens with zero attached hydrogens (tertiary/aromatic N) is 3. The van der Waals surface area contributed by atoms with Gasteiger partial charge in [0.2, 0.25) is 5.91 Å². The highest BCUT2D eigenvalue weighted by Crippen LogP contribution is 2.30. The Labute approximate surface area is 234 Å². The first kappa shape index (κ1) is 28.9. The van der Waals surface area contributed by atoms with Crippen LogP contribution in [0.15, 0.2) is 48.5 Å². The van der Waals surface area contributed by atoms with Crippen LogP contribution in [0, 0.1) is 5.92 Å². The molecular weight excluding hydrogens is 488 g/mol. The van der Waals surface area contributed by atoms with Crippen LogP contribution in [-0.4, -0.2) is 73.0 Å². The smallest absolute Gasteiger partial charge is 0.266 e. The zero-order valence-electron chi connectivity index (χ0n) is 24.4. The van der Waals surface area contributed by atoms with E-state index in [-0.39, 0.29) is 17.7 Å². The Bertz CT molecular complexity index is 1110. The van der Waals surface area contributed by atoms with Crippen molar-refractivity contribution in [3.05, 3.63) is 59.7 Å². The summed E-state index contributed by atoms with van der Waals surface area (Å²) < 4.78 is 6.25. The first-order valence-corrected chi connectivity index (χ1v) is 14.6. The fraction of sp³-hybridized carbons (Fsp3) is 0.562. The molecule has 2 amide bonds. The van der Waals surface area contributed by atoms with Crippen LogP contribution in [0.4, 0.5) is 5.69 Å². The zero-order valence-corrected chi connectivity index (χ0v) is 24.4. The SMILES string of the molecule is CCN(Cc1ccc(C(C)C)cc1)C(=O)[C@H]1CCCN(c2cccc(OC(C)(C)C(=O)N3CCNCC3)c2)C1. The molecule has 2 aromatic carbocycles. The molecule has 0 bridgehead atoms. The summed E-state index contributed by atoms with van der Waals surface area (Å²) in [6, 6.07) is 16.6. The van der Waals surface area contributed by atoms with Crippen molar-refractivity contribution in [2.75, 3.05) is 50.7 Å². The minimum atomic E-state index is -0.953. The van der Waals surface area contributed by atoms with Gasteiger partial charge in [0.25, 0.3) is 5.91 Å². The summed E-state index contributed by atoms with van der Waals surface area (Å²) in [4.78, 5) is 32.9. The molecule has 0 radical (unpaired) electrons. The fourth-order valence-corrected chi connectivity index (χ4v) is 5.58. The Morgan fingerprint density at radius 2 is 1.79 bits per heavy atom. The first-order valence-electron chi connectivity index (χ1n) is 14.6. The number of nitrogens with one attached hydrogen (secondary N) is 1. The van der Waals surface area contributed by atoms with Crippen molar-refractivity contribution in [3.8, 4) is 5.75 Å². The molecule has 2 aromatic rings. The largest absolute Gasteiger partial charge is 0.478 e. The molecule has 39 heavy (non-hydrogen) atoms. The number of piperidine rings is 1. The van der Waals surface area contributed by atoms with Crippen molar-refractivity contribution < 1.29 is 14.3 Å². The maximum Gasteiger partial charge on any atom is 0.266 e. The number of ether oxygens (including phenoxy) is 1. The van der Waals surface area contributed by atoms with Crippen LogP contribution in [0.25, 0.3) is 0 Å². The van der Waals surface area contributed by atoms with Crippen LogP contribution in [0.5, 0.6) is 5.75 Å². The summed E-state index contributed by atoms with van der Waals surface area (Å²) in [7, 11) is 0. The summed E-state index contributed by atoms with van der Waals surface area (Å²) in [5, 5.41) is 3.29. The van der Waals surface area contributed by atoms with Crippen molar-refractivity contribution >= 4 is 17.5 Å². The summed E-state index contributed by atoms with van der Waals surface area (Å²) >= 11 is 0. The van der Waals surface area contributed by atoms with Gasteiger partial charge in [-0.1, -0.05) is 44.2 Å². The maximum atomic E-state index is 13.6. The van der Waals surface area contributed by atoms with Crippen molar-refractivity contribution in [2.45, 2.75) is 65.5 Å². The van der Waals surface area contributed by atoms with Crippen LogP contribution in [0.1, 0.15) is 64.5 Å². The number of hydrogen-bond donors (Lipinski definition) is 1. The van der Waals surface area contributed by atoms with Gasteiger partial charge >= 0.3 is 0 Å². The maximum absolute atomic E-state index is 13.6. The highest BCUT2D eigenvalue weighted by atomic mass is 16.5. The molecule has 2 aliphatic rings. The molecular formula is C32H46N4O3. The minimum absolute atomic E-state index is 0.0107. The number of carbonyl (C=O) groups excluding carboxylic acids is 2.